The Bertz CT molecular complexity index is 1010. The average molecular weight is 674 g/mol. The molecule has 12 nitrogen and oxygen atoms in total. The third-order valence-electron chi connectivity index (χ3n) is 11.0. The number of methoxy groups -OCH3 is 1. The van der Waals surface area contributed by atoms with Crippen molar-refractivity contribution in [3.8, 4) is 0 Å². The summed E-state index contributed by atoms with van der Waals surface area (Å²) in [6.45, 7) is 16.4. The number of carbonyl (C=O) groups is 2. The van der Waals surface area contributed by atoms with Gasteiger partial charge in [0.1, 0.15) is 24.1 Å². The first-order chi connectivity index (χ1) is 21.9. The van der Waals surface area contributed by atoms with E-state index >= 15 is 0 Å². The lowest BCUT2D eigenvalue weighted by Crippen LogP contribution is -2.57. The van der Waals surface area contributed by atoms with E-state index < -0.39 is 97.0 Å². The fourth-order valence-electron chi connectivity index (χ4n) is 7.67. The summed E-state index contributed by atoms with van der Waals surface area (Å²) < 4.78 is 37.1. The van der Waals surface area contributed by atoms with Crippen molar-refractivity contribution in [3.05, 3.63) is 0 Å². The van der Waals surface area contributed by atoms with Crippen molar-refractivity contribution in [2.24, 2.45) is 35.5 Å². The standard InChI is InChI=1S/C35H63NO11/c1-16-13-17(2)32(47-35-31(40)25(36(10)11)14-18(3)43-35)21(6)33(46-27-15-26(42-12)30(39)24(9)44-27)22(7)34(41)45-23(8)19(4)29(38)20(5)28(16)37/h16-27,29-33,35,38-40H,13-15H2,1-12H3/t16-,17+,18-,19+,20+,21-,22-,23-,24+,25+,26+,27+,29+,30+,31-,32+,33+,35+/m1/s1. The number of aliphatic hydroxyl groups excluding tert-OH is 3. The molecule has 0 saturated carbocycles. The number of Topliss-reactive ketones (excluding diaryl/α,β-unsaturated/α-hetero) is 1. The van der Waals surface area contributed by atoms with Gasteiger partial charge >= 0.3 is 5.97 Å². The van der Waals surface area contributed by atoms with Gasteiger partial charge in [-0.25, -0.2) is 0 Å². The summed E-state index contributed by atoms with van der Waals surface area (Å²) in [5.74, 6) is -3.70. The summed E-state index contributed by atoms with van der Waals surface area (Å²) in [4.78, 5) is 29.4. The van der Waals surface area contributed by atoms with Crippen molar-refractivity contribution in [1.82, 2.24) is 4.90 Å². The van der Waals surface area contributed by atoms with Crippen LogP contribution in [0.3, 0.4) is 0 Å². The van der Waals surface area contributed by atoms with Gasteiger partial charge in [-0.2, -0.15) is 0 Å². The second-order valence-corrected chi connectivity index (χ2v) is 15.0. The van der Waals surface area contributed by atoms with Gasteiger partial charge in [0.15, 0.2) is 12.6 Å². The summed E-state index contributed by atoms with van der Waals surface area (Å²) in [5, 5.41) is 33.2. The molecular formula is C35H63NO11. The molecule has 0 aromatic carbocycles. The van der Waals surface area contributed by atoms with E-state index in [4.69, 9.17) is 28.4 Å². The number of carbonyl (C=O) groups excluding carboxylic acids is 2. The van der Waals surface area contributed by atoms with Crippen LogP contribution < -0.4 is 0 Å². The van der Waals surface area contributed by atoms with Gasteiger partial charge in [-0.15, -0.1) is 0 Å². The molecule has 0 aromatic heterocycles. The minimum absolute atomic E-state index is 0.0802. The Balaban J connectivity index is 2.06. The van der Waals surface area contributed by atoms with E-state index in [0.717, 1.165) is 0 Å². The number of ketones is 1. The molecule has 47 heavy (non-hydrogen) atoms. The number of aliphatic hydroxyl groups is 3. The minimum atomic E-state index is -1.01. The Kier molecular flexibility index (Phi) is 14.7. The average Bonchev–Trinajstić information content (AvgIpc) is 3.02. The Morgan fingerprint density at radius 2 is 1.36 bits per heavy atom. The maximum atomic E-state index is 13.8. The maximum absolute atomic E-state index is 13.8. The fourth-order valence-corrected chi connectivity index (χ4v) is 7.67. The fraction of sp³-hybridized carbons (Fsp3) is 0.943. The van der Waals surface area contributed by atoms with E-state index in [2.05, 4.69) is 0 Å². The van der Waals surface area contributed by atoms with Crippen LogP contribution in [0.1, 0.15) is 81.6 Å². The van der Waals surface area contributed by atoms with Crippen LogP contribution in [0.4, 0.5) is 0 Å². The predicted octanol–water partition coefficient (Wildman–Crippen LogP) is 2.78. The number of hydrogen-bond acceptors (Lipinski definition) is 12. The molecule has 0 spiro atoms. The Morgan fingerprint density at radius 1 is 0.723 bits per heavy atom. The van der Waals surface area contributed by atoms with Gasteiger partial charge in [-0.1, -0.05) is 34.6 Å². The summed E-state index contributed by atoms with van der Waals surface area (Å²) in [7, 11) is 5.34. The largest absolute Gasteiger partial charge is 0.462 e. The molecule has 0 unspecified atom stereocenters. The van der Waals surface area contributed by atoms with E-state index in [9.17, 15) is 24.9 Å². The minimum Gasteiger partial charge on any atom is -0.462 e. The molecule has 0 amide bonds. The van der Waals surface area contributed by atoms with E-state index in [0.29, 0.717) is 12.8 Å². The Morgan fingerprint density at radius 3 is 1.96 bits per heavy atom. The molecular weight excluding hydrogens is 610 g/mol. The van der Waals surface area contributed by atoms with Gasteiger partial charge in [0.2, 0.25) is 0 Å². The van der Waals surface area contributed by atoms with E-state index in [1.807, 2.05) is 46.7 Å². The highest BCUT2D eigenvalue weighted by atomic mass is 16.7. The maximum Gasteiger partial charge on any atom is 0.311 e. The second-order valence-electron chi connectivity index (χ2n) is 15.0. The monoisotopic (exact) mass is 673 g/mol. The topological polar surface area (TPSA) is 153 Å². The predicted molar refractivity (Wildman–Crippen MR) is 174 cm³/mol. The zero-order chi connectivity index (χ0) is 35.5. The molecule has 274 valence electrons. The van der Waals surface area contributed by atoms with Crippen LogP contribution in [0, 0.1) is 35.5 Å². The molecule has 3 heterocycles. The smallest absolute Gasteiger partial charge is 0.311 e. The summed E-state index contributed by atoms with van der Waals surface area (Å²) in [6, 6.07) is -0.199. The van der Waals surface area contributed by atoms with Gasteiger partial charge in [0, 0.05) is 43.2 Å². The van der Waals surface area contributed by atoms with Crippen molar-refractivity contribution in [2.75, 3.05) is 21.2 Å². The quantitative estimate of drug-likeness (QED) is 0.356. The first-order valence-corrected chi connectivity index (χ1v) is 17.5. The number of likely N-dealkylation sites (N-methyl/N-ethyl adjacent to an activating group) is 1. The lowest BCUT2D eigenvalue weighted by atomic mass is 9.77. The highest BCUT2D eigenvalue weighted by Gasteiger charge is 2.47. The highest BCUT2D eigenvalue weighted by Crippen LogP contribution is 2.37. The molecule has 0 radical (unpaired) electrons. The zero-order valence-electron chi connectivity index (χ0n) is 30.6. The first-order valence-electron chi connectivity index (χ1n) is 17.5. The van der Waals surface area contributed by atoms with Gasteiger partial charge in [0.25, 0.3) is 0 Å². The van der Waals surface area contributed by atoms with Crippen molar-refractivity contribution in [1.29, 1.82) is 0 Å². The van der Waals surface area contributed by atoms with E-state index in [1.54, 1.807) is 34.6 Å². The van der Waals surface area contributed by atoms with Crippen LogP contribution in [-0.4, -0.2) is 127 Å². The molecule has 3 N–H and O–H groups in total. The number of cyclic esters (lactones) is 1. The van der Waals surface area contributed by atoms with Crippen LogP contribution in [-0.2, 0) is 38.0 Å². The van der Waals surface area contributed by atoms with Gasteiger partial charge in [0.05, 0.1) is 42.5 Å². The number of hydrogen-bond donors (Lipinski definition) is 3. The van der Waals surface area contributed by atoms with Crippen LogP contribution in [0.5, 0.6) is 0 Å². The van der Waals surface area contributed by atoms with E-state index in [-0.39, 0.29) is 30.3 Å². The molecule has 3 fully saturated rings. The molecule has 18 atom stereocenters. The molecule has 3 rings (SSSR count). The lowest BCUT2D eigenvalue weighted by molar-refractivity contribution is -0.298. The van der Waals surface area contributed by atoms with E-state index in [1.165, 1.54) is 7.11 Å². The molecule has 0 bridgehead atoms. The Hall–Kier alpha value is -1.22. The summed E-state index contributed by atoms with van der Waals surface area (Å²) >= 11 is 0. The van der Waals surface area contributed by atoms with Gasteiger partial charge < -0.3 is 48.6 Å². The van der Waals surface area contributed by atoms with Crippen molar-refractivity contribution >= 4 is 11.8 Å². The van der Waals surface area contributed by atoms with Crippen LogP contribution in [0.15, 0.2) is 0 Å². The van der Waals surface area contributed by atoms with Crippen molar-refractivity contribution in [3.63, 3.8) is 0 Å². The van der Waals surface area contributed by atoms with Crippen molar-refractivity contribution in [2.45, 2.75) is 155 Å². The molecule has 0 aliphatic carbocycles. The highest BCUT2D eigenvalue weighted by molar-refractivity contribution is 5.83. The SMILES string of the molecule is CO[C@H]1C[C@H](O[C@H]2[C@H](C)[C@@H](O[C@@H]3O[C@H](C)C[C@H](N(C)C)[C@H]3O)[C@@H](C)C[C@@H](C)C(=O)[C@H](C)[C@@H](O)[C@@H](C)[C@@H](C)OC(=O)[C@@H]2C)O[C@@H](C)[C@@H]1O. The molecule has 3 saturated heterocycles. The Labute approximate surface area is 281 Å². The molecule has 12 heteroatoms. The molecule has 0 aromatic rings. The normalized spacial score (nSPS) is 48.2. The van der Waals surface area contributed by atoms with Crippen LogP contribution in [0.2, 0.25) is 0 Å². The van der Waals surface area contributed by atoms with Crippen molar-refractivity contribution < 1.29 is 53.3 Å². The van der Waals surface area contributed by atoms with Crippen LogP contribution in [0.25, 0.3) is 0 Å². The number of rotatable bonds is 6. The summed E-state index contributed by atoms with van der Waals surface area (Å²) in [6.07, 6.45) is -6.66. The summed E-state index contributed by atoms with van der Waals surface area (Å²) in [5.41, 5.74) is 0. The second kappa shape index (κ2) is 17.1. The molecule has 3 aliphatic rings. The number of ether oxygens (including phenoxy) is 6. The molecule has 3 aliphatic heterocycles. The third kappa shape index (κ3) is 9.52. The zero-order valence-corrected chi connectivity index (χ0v) is 30.6. The lowest BCUT2D eigenvalue weighted by Gasteiger charge is -2.46. The first kappa shape index (κ1) is 40.2. The third-order valence-corrected chi connectivity index (χ3v) is 11.0. The van der Waals surface area contributed by atoms with Gasteiger partial charge in [-0.05, 0) is 60.5 Å². The van der Waals surface area contributed by atoms with Crippen LogP contribution >= 0.6 is 0 Å². The van der Waals surface area contributed by atoms with Gasteiger partial charge in [-0.3, -0.25) is 9.59 Å². The number of esters is 1. The number of nitrogens with zero attached hydrogens (tertiary/aromatic N) is 1.